The number of rotatable bonds is 8. The van der Waals surface area contributed by atoms with E-state index < -0.39 is 10.0 Å². The summed E-state index contributed by atoms with van der Waals surface area (Å²) in [5.74, 6) is 0.790. The van der Waals surface area contributed by atoms with Crippen LogP contribution in [-0.4, -0.2) is 33.5 Å². The summed E-state index contributed by atoms with van der Waals surface area (Å²) in [5.41, 5.74) is 1.58. The van der Waals surface area contributed by atoms with Crippen LogP contribution >= 0.6 is 0 Å². The molecule has 0 aliphatic rings. The lowest BCUT2D eigenvalue weighted by molar-refractivity contribution is -0.111. The van der Waals surface area contributed by atoms with E-state index >= 15 is 0 Å². The zero-order chi connectivity index (χ0) is 22.3. The number of methoxy groups -OCH3 is 2. The van der Waals surface area contributed by atoms with Crippen LogP contribution in [0.1, 0.15) is 5.56 Å². The number of benzene rings is 2. The lowest BCUT2D eigenvalue weighted by Gasteiger charge is -2.09. The van der Waals surface area contributed by atoms with Gasteiger partial charge >= 0.3 is 0 Å². The van der Waals surface area contributed by atoms with Crippen molar-refractivity contribution >= 4 is 33.4 Å². The molecule has 0 saturated heterocycles. The first-order chi connectivity index (χ1) is 14.9. The number of nitrogens with one attached hydrogen (secondary N) is 2. The Balaban J connectivity index is 1.64. The maximum absolute atomic E-state index is 12.4. The smallest absolute Gasteiger partial charge is 0.261 e. The Labute approximate surface area is 180 Å². The summed E-state index contributed by atoms with van der Waals surface area (Å²) in [6, 6.07) is 14.4. The molecule has 8 nitrogen and oxygen atoms in total. The Bertz CT molecular complexity index is 1180. The zero-order valence-corrected chi connectivity index (χ0v) is 17.7. The molecule has 0 radical (unpaired) electrons. The predicted octanol–water partition coefficient (Wildman–Crippen LogP) is 3.55. The van der Waals surface area contributed by atoms with Crippen LogP contribution < -0.4 is 19.5 Å². The van der Waals surface area contributed by atoms with E-state index in [2.05, 4.69) is 15.0 Å². The van der Waals surface area contributed by atoms with Crippen LogP contribution in [-0.2, 0) is 14.8 Å². The Morgan fingerprint density at radius 3 is 2.35 bits per heavy atom. The first-order valence-electron chi connectivity index (χ1n) is 9.15. The molecule has 9 heteroatoms. The minimum Gasteiger partial charge on any atom is -0.493 e. The van der Waals surface area contributed by atoms with E-state index in [1.165, 1.54) is 43.6 Å². The van der Waals surface area contributed by atoms with Crippen molar-refractivity contribution in [3.63, 3.8) is 0 Å². The third-order valence-electron chi connectivity index (χ3n) is 4.18. The average Bonchev–Trinajstić information content (AvgIpc) is 2.78. The molecule has 0 saturated carbocycles. The van der Waals surface area contributed by atoms with Crippen molar-refractivity contribution in [3.05, 3.63) is 78.6 Å². The molecule has 1 amide bonds. The molecule has 1 heterocycles. The first-order valence-corrected chi connectivity index (χ1v) is 10.6. The molecule has 0 unspecified atom stereocenters. The van der Waals surface area contributed by atoms with Gasteiger partial charge in [-0.2, -0.15) is 0 Å². The van der Waals surface area contributed by atoms with Gasteiger partial charge in [0.15, 0.2) is 11.5 Å². The third-order valence-corrected chi connectivity index (χ3v) is 5.58. The molecule has 0 spiro atoms. The molecule has 31 heavy (non-hydrogen) atoms. The van der Waals surface area contributed by atoms with Crippen LogP contribution in [0.5, 0.6) is 11.5 Å². The highest BCUT2D eigenvalue weighted by Crippen LogP contribution is 2.28. The molecule has 3 rings (SSSR count). The number of sulfonamides is 1. The normalized spacial score (nSPS) is 11.2. The van der Waals surface area contributed by atoms with E-state index in [1.807, 2.05) is 0 Å². The van der Waals surface area contributed by atoms with Gasteiger partial charge in [0.25, 0.3) is 10.0 Å². The maximum Gasteiger partial charge on any atom is 0.261 e. The van der Waals surface area contributed by atoms with Gasteiger partial charge in [-0.1, -0.05) is 6.07 Å². The number of carbonyl (C=O) groups excluding carboxylic acids is 1. The number of amides is 1. The fourth-order valence-electron chi connectivity index (χ4n) is 2.67. The molecule has 2 N–H and O–H groups in total. The summed E-state index contributed by atoms with van der Waals surface area (Å²) >= 11 is 0. The molecule has 160 valence electrons. The van der Waals surface area contributed by atoms with Gasteiger partial charge in [-0.05, 0) is 60.2 Å². The van der Waals surface area contributed by atoms with Gasteiger partial charge in [0, 0.05) is 18.0 Å². The molecular weight excluding hydrogens is 418 g/mol. The third kappa shape index (κ3) is 5.83. The quantitative estimate of drug-likeness (QED) is 0.520. The highest BCUT2D eigenvalue weighted by Gasteiger charge is 2.14. The fourth-order valence-corrected chi connectivity index (χ4v) is 3.71. The lowest BCUT2D eigenvalue weighted by atomic mass is 10.2. The molecule has 0 atom stereocenters. The standard InChI is InChI=1S/C22H21N3O5S/c1-29-20-11-5-16(14-21(20)30-2)6-12-22(26)24-17-7-9-19(10-8-17)31(27,28)25-18-4-3-13-23-15-18/h3-15,25H,1-2H3,(H,24,26)/b12-6+. The lowest BCUT2D eigenvalue weighted by Crippen LogP contribution is -2.13. The number of nitrogens with zero attached hydrogens (tertiary/aromatic N) is 1. The van der Waals surface area contributed by atoms with Crippen molar-refractivity contribution in [2.24, 2.45) is 0 Å². The highest BCUT2D eigenvalue weighted by atomic mass is 32.2. The van der Waals surface area contributed by atoms with E-state index in [9.17, 15) is 13.2 Å². The SMILES string of the molecule is COc1ccc(/C=C/C(=O)Nc2ccc(S(=O)(=O)Nc3cccnc3)cc2)cc1OC. The Kier molecular flexibility index (Phi) is 6.88. The van der Waals surface area contributed by atoms with Gasteiger partial charge in [-0.25, -0.2) is 8.42 Å². The van der Waals surface area contributed by atoms with Crippen molar-refractivity contribution in [1.29, 1.82) is 0 Å². The molecule has 2 aromatic carbocycles. The number of carbonyl (C=O) groups is 1. The second-order valence-electron chi connectivity index (χ2n) is 6.31. The summed E-state index contributed by atoms with van der Waals surface area (Å²) < 4.78 is 37.7. The largest absolute Gasteiger partial charge is 0.493 e. The van der Waals surface area contributed by atoms with Gasteiger partial charge in [0.05, 0.1) is 31.0 Å². The van der Waals surface area contributed by atoms with Crippen LogP contribution in [0.3, 0.4) is 0 Å². The number of aromatic nitrogens is 1. The van der Waals surface area contributed by atoms with Gasteiger partial charge in [0.2, 0.25) is 5.91 Å². The van der Waals surface area contributed by atoms with Gasteiger partial charge in [-0.3, -0.25) is 14.5 Å². The molecule has 0 fully saturated rings. The number of hydrogen-bond acceptors (Lipinski definition) is 6. The molecule has 1 aromatic heterocycles. The Morgan fingerprint density at radius 1 is 0.968 bits per heavy atom. The summed E-state index contributed by atoms with van der Waals surface area (Å²) in [4.78, 5) is 16.1. The van der Waals surface area contributed by atoms with Crippen LogP contribution in [0.25, 0.3) is 6.08 Å². The maximum atomic E-state index is 12.4. The highest BCUT2D eigenvalue weighted by molar-refractivity contribution is 7.92. The van der Waals surface area contributed by atoms with E-state index in [-0.39, 0.29) is 10.8 Å². The number of hydrogen-bond donors (Lipinski definition) is 2. The van der Waals surface area contributed by atoms with Crippen molar-refractivity contribution in [2.75, 3.05) is 24.3 Å². The zero-order valence-electron chi connectivity index (χ0n) is 16.9. The Morgan fingerprint density at radius 2 is 1.71 bits per heavy atom. The van der Waals surface area contributed by atoms with E-state index in [1.54, 1.807) is 49.7 Å². The number of ether oxygens (including phenoxy) is 2. The van der Waals surface area contributed by atoms with E-state index in [4.69, 9.17) is 9.47 Å². The predicted molar refractivity (Wildman–Crippen MR) is 119 cm³/mol. The van der Waals surface area contributed by atoms with Gasteiger partial charge < -0.3 is 14.8 Å². The molecule has 0 aliphatic heterocycles. The van der Waals surface area contributed by atoms with Crippen molar-refractivity contribution < 1.29 is 22.7 Å². The number of pyridine rings is 1. The van der Waals surface area contributed by atoms with E-state index in [0.29, 0.717) is 22.9 Å². The number of anilines is 2. The van der Waals surface area contributed by atoms with Crippen LogP contribution in [0.4, 0.5) is 11.4 Å². The van der Waals surface area contributed by atoms with E-state index in [0.717, 1.165) is 5.56 Å². The molecular formula is C22H21N3O5S. The fraction of sp³-hybridized carbons (Fsp3) is 0.0909. The monoisotopic (exact) mass is 439 g/mol. The summed E-state index contributed by atoms with van der Waals surface area (Å²) in [6.45, 7) is 0. The minimum absolute atomic E-state index is 0.0650. The second kappa shape index (κ2) is 9.77. The minimum atomic E-state index is -3.76. The van der Waals surface area contributed by atoms with Crippen molar-refractivity contribution in [1.82, 2.24) is 4.98 Å². The van der Waals surface area contributed by atoms with Crippen LogP contribution in [0.2, 0.25) is 0 Å². The Hall–Kier alpha value is -3.85. The first kappa shape index (κ1) is 21.8. The molecule has 0 bridgehead atoms. The average molecular weight is 439 g/mol. The van der Waals surface area contributed by atoms with Crippen LogP contribution in [0.15, 0.2) is 78.0 Å². The van der Waals surface area contributed by atoms with Crippen LogP contribution in [0, 0.1) is 0 Å². The summed E-state index contributed by atoms with van der Waals surface area (Å²) in [5, 5.41) is 2.68. The second-order valence-corrected chi connectivity index (χ2v) is 7.99. The van der Waals surface area contributed by atoms with Crippen molar-refractivity contribution in [3.8, 4) is 11.5 Å². The summed E-state index contributed by atoms with van der Waals surface area (Å²) in [7, 11) is -0.672. The molecule has 0 aliphatic carbocycles. The van der Waals surface area contributed by atoms with Gasteiger partial charge in [0.1, 0.15) is 0 Å². The molecule has 3 aromatic rings. The summed E-state index contributed by atoms with van der Waals surface area (Å²) in [6.07, 6.45) is 5.97. The van der Waals surface area contributed by atoms with Crippen molar-refractivity contribution in [2.45, 2.75) is 4.90 Å². The van der Waals surface area contributed by atoms with Gasteiger partial charge in [-0.15, -0.1) is 0 Å². The topological polar surface area (TPSA) is 107 Å².